The maximum atomic E-state index is 5.29. The van der Waals surface area contributed by atoms with Crippen molar-refractivity contribution in [1.82, 2.24) is 15.5 Å². The van der Waals surface area contributed by atoms with E-state index in [9.17, 15) is 0 Å². The van der Waals surface area contributed by atoms with Gasteiger partial charge < -0.3 is 14.6 Å². The van der Waals surface area contributed by atoms with Gasteiger partial charge in [0.05, 0.1) is 7.11 Å². The van der Waals surface area contributed by atoms with Crippen molar-refractivity contribution in [3.05, 3.63) is 30.2 Å². The molecule has 108 valence electrons. The van der Waals surface area contributed by atoms with Gasteiger partial charge in [-0.1, -0.05) is 24.2 Å². The maximum Gasteiger partial charge on any atom is 0.227 e. The highest BCUT2D eigenvalue weighted by molar-refractivity contribution is 5.56. The van der Waals surface area contributed by atoms with Gasteiger partial charge in [0.2, 0.25) is 11.7 Å². The summed E-state index contributed by atoms with van der Waals surface area (Å²) in [5.74, 6) is 2.07. The van der Waals surface area contributed by atoms with Crippen LogP contribution in [0.5, 0.6) is 5.75 Å². The first-order chi connectivity index (χ1) is 9.72. The summed E-state index contributed by atoms with van der Waals surface area (Å²) in [5.41, 5.74) is 0.902. The van der Waals surface area contributed by atoms with Crippen molar-refractivity contribution in [2.75, 3.05) is 13.7 Å². The number of rotatable bonds is 7. The molecule has 0 amide bonds. The maximum absolute atomic E-state index is 5.29. The molecule has 5 heteroatoms. The van der Waals surface area contributed by atoms with Crippen LogP contribution >= 0.6 is 0 Å². The zero-order valence-corrected chi connectivity index (χ0v) is 12.2. The second kappa shape index (κ2) is 7.05. The van der Waals surface area contributed by atoms with Gasteiger partial charge in [0.15, 0.2) is 0 Å². The summed E-state index contributed by atoms with van der Waals surface area (Å²) in [6, 6.07) is 8.10. The van der Waals surface area contributed by atoms with Gasteiger partial charge in [-0.3, -0.25) is 0 Å². The first-order valence-corrected chi connectivity index (χ1v) is 6.93. The minimum atomic E-state index is 0.451. The Labute approximate surface area is 119 Å². The number of hydrogen-bond donors (Lipinski definition) is 1. The SMILES string of the molecule is CCNC(C)CCc1nc(-c2cccc(OC)c2)no1. The Balaban J connectivity index is 2.01. The van der Waals surface area contributed by atoms with Crippen LogP contribution < -0.4 is 10.1 Å². The molecule has 1 aromatic carbocycles. The van der Waals surface area contributed by atoms with Gasteiger partial charge in [-0.05, 0) is 32.0 Å². The third-order valence-electron chi connectivity index (χ3n) is 3.14. The van der Waals surface area contributed by atoms with E-state index >= 15 is 0 Å². The third-order valence-corrected chi connectivity index (χ3v) is 3.14. The van der Waals surface area contributed by atoms with Gasteiger partial charge in [-0.15, -0.1) is 0 Å². The highest BCUT2D eigenvalue weighted by Crippen LogP contribution is 2.21. The first-order valence-electron chi connectivity index (χ1n) is 6.93. The average molecular weight is 275 g/mol. The monoisotopic (exact) mass is 275 g/mol. The molecule has 1 N–H and O–H groups in total. The van der Waals surface area contributed by atoms with Crippen molar-refractivity contribution in [2.24, 2.45) is 0 Å². The third kappa shape index (κ3) is 3.81. The van der Waals surface area contributed by atoms with Crippen molar-refractivity contribution in [3.63, 3.8) is 0 Å². The average Bonchev–Trinajstić information content (AvgIpc) is 2.94. The molecule has 0 aliphatic rings. The van der Waals surface area contributed by atoms with Crippen LogP contribution in [0.2, 0.25) is 0 Å². The number of nitrogens with one attached hydrogen (secondary N) is 1. The summed E-state index contributed by atoms with van der Waals surface area (Å²) in [7, 11) is 1.64. The molecule has 0 fully saturated rings. The minimum Gasteiger partial charge on any atom is -0.497 e. The number of aryl methyl sites for hydroxylation is 1. The van der Waals surface area contributed by atoms with E-state index in [4.69, 9.17) is 9.26 Å². The number of hydrogen-bond acceptors (Lipinski definition) is 5. The summed E-state index contributed by atoms with van der Waals surface area (Å²) in [6.07, 6.45) is 1.76. The Kier molecular flexibility index (Phi) is 5.12. The smallest absolute Gasteiger partial charge is 0.227 e. The molecule has 2 aromatic rings. The van der Waals surface area contributed by atoms with E-state index in [1.54, 1.807) is 7.11 Å². The lowest BCUT2D eigenvalue weighted by atomic mass is 10.2. The predicted molar refractivity (Wildman–Crippen MR) is 77.7 cm³/mol. The Bertz CT molecular complexity index is 539. The Hall–Kier alpha value is -1.88. The van der Waals surface area contributed by atoms with E-state index < -0.39 is 0 Å². The van der Waals surface area contributed by atoms with Crippen molar-refractivity contribution in [2.45, 2.75) is 32.7 Å². The van der Waals surface area contributed by atoms with E-state index in [2.05, 4.69) is 29.3 Å². The molecular weight excluding hydrogens is 254 g/mol. The van der Waals surface area contributed by atoms with E-state index in [0.29, 0.717) is 17.8 Å². The van der Waals surface area contributed by atoms with Gasteiger partial charge in [0, 0.05) is 18.0 Å². The van der Waals surface area contributed by atoms with Crippen LogP contribution in [0.3, 0.4) is 0 Å². The van der Waals surface area contributed by atoms with Crippen molar-refractivity contribution in [3.8, 4) is 17.1 Å². The Morgan fingerprint density at radius 2 is 2.25 bits per heavy atom. The highest BCUT2D eigenvalue weighted by Gasteiger charge is 2.10. The second-order valence-corrected chi connectivity index (χ2v) is 4.74. The van der Waals surface area contributed by atoms with Crippen molar-refractivity contribution >= 4 is 0 Å². The summed E-state index contributed by atoms with van der Waals surface area (Å²) < 4.78 is 10.5. The van der Waals surface area contributed by atoms with Gasteiger partial charge in [0.1, 0.15) is 5.75 Å². The molecule has 0 aliphatic heterocycles. The molecule has 5 nitrogen and oxygen atoms in total. The fraction of sp³-hybridized carbons (Fsp3) is 0.467. The molecular formula is C15H21N3O2. The van der Waals surface area contributed by atoms with Gasteiger partial charge in [0.25, 0.3) is 0 Å². The predicted octanol–water partition coefficient (Wildman–Crippen LogP) is 2.68. The Morgan fingerprint density at radius 1 is 1.40 bits per heavy atom. The number of aromatic nitrogens is 2. The van der Waals surface area contributed by atoms with E-state index in [1.807, 2.05) is 24.3 Å². The molecule has 0 spiro atoms. The molecule has 0 radical (unpaired) electrons. The van der Waals surface area contributed by atoms with Crippen molar-refractivity contribution < 1.29 is 9.26 Å². The molecule has 0 saturated heterocycles. The molecule has 1 atom stereocenters. The lowest BCUT2D eigenvalue weighted by Gasteiger charge is -2.09. The number of methoxy groups -OCH3 is 1. The van der Waals surface area contributed by atoms with E-state index in [-0.39, 0.29) is 0 Å². The quantitative estimate of drug-likeness (QED) is 0.841. The largest absolute Gasteiger partial charge is 0.497 e. The first kappa shape index (κ1) is 14.5. The topological polar surface area (TPSA) is 60.2 Å². The molecule has 1 aromatic heterocycles. The normalized spacial score (nSPS) is 12.3. The molecule has 0 aliphatic carbocycles. The van der Waals surface area contributed by atoms with E-state index in [1.165, 1.54) is 0 Å². The van der Waals surface area contributed by atoms with Crippen LogP contribution in [0.25, 0.3) is 11.4 Å². The lowest BCUT2D eigenvalue weighted by Crippen LogP contribution is -2.25. The van der Waals surface area contributed by atoms with Crippen LogP contribution in [0.4, 0.5) is 0 Å². The van der Waals surface area contributed by atoms with Crippen molar-refractivity contribution in [1.29, 1.82) is 0 Å². The zero-order chi connectivity index (χ0) is 14.4. The number of benzene rings is 1. The molecule has 1 unspecified atom stereocenters. The molecule has 0 bridgehead atoms. The fourth-order valence-corrected chi connectivity index (χ4v) is 2.03. The summed E-state index contributed by atoms with van der Waals surface area (Å²) in [4.78, 5) is 4.43. The summed E-state index contributed by atoms with van der Waals surface area (Å²) in [5, 5.41) is 7.39. The van der Waals surface area contributed by atoms with Crippen LogP contribution in [0.15, 0.2) is 28.8 Å². The summed E-state index contributed by atoms with van der Waals surface area (Å²) >= 11 is 0. The van der Waals surface area contributed by atoms with Gasteiger partial charge >= 0.3 is 0 Å². The van der Waals surface area contributed by atoms with Crippen LogP contribution in [0.1, 0.15) is 26.2 Å². The second-order valence-electron chi connectivity index (χ2n) is 4.74. The minimum absolute atomic E-state index is 0.451. The molecule has 2 rings (SSSR count). The zero-order valence-electron chi connectivity index (χ0n) is 12.2. The van der Waals surface area contributed by atoms with Crippen LogP contribution in [-0.4, -0.2) is 29.8 Å². The van der Waals surface area contributed by atoms with Crippen LogP contribution in [0, 0.1) is 0 Å². The fourth-order valence-electron chi connectivity index (χ4n) is 2.03. The highest BCUT2D eigenvalue weighted by atomic mass is 16.5. The number of ether oxygens (including phenoxy) is 1. The van der Waals surface area contributed by atoms with Gasteiger partial charge in [-0.2, -0.15) is 4.98 Å². The van der Waals surface area contributed by atoms with E-state index in [0.717, 1.165) is 30.7 Å². The summed E-state index contributed by atoms with van der Waals surface area (Å²) in [6.45, 7) is 5.23. The standard InChI is InChI=1S/C15H21N3O2/c1-4-16-11(2)8-9-14-17-15(18-20-14)12-6-5-7-13(10-12)19-3/h5-7,10-11,16H,4,8-9H2,1-3H3. The molecule has 1 heterocycles. The number of nitrogens with zero attached hydrogens (tertiary/aromatic N) is 2. The molecule has 20 heavy (non-hydrogen) atoms. The lowest BCUT2D eigenvalue weighted by molar-refractivity contribution is 0.368. The van der Waals surface area contributed by atoms with Crippen LogP contribution in [-0.2, 0) is 6.42 Å². The Morgan fingerprint density at radius 3 is 3.00 bits per heavy atom. The van der Waals surface area contributed by atoms with Gasteiger partial charge in [-0.25, -0.2) is 0 Å². The molecule has 0 saturated carbocycles.